The van der Waals surface area contributed by atoms with Gasteiger partial charge in [0.25, 0.3) is 5.91 Å². The molecule has 4 heterocycles. The normalized spacial score (nSPS) is 22.8. The number of amides is 1. The number of anilines is 2. The first-order valence-corrected chi connectivity index (χ1v) is 13.0. The third-order valence-electron chi connectivity index (χ3n) is 6.26. The van der Waals surface area contributed by atoms with Crippen molar-refractivity contribution >= 4 is 49.6 Å². The number of pyridine rings is 1. The molecule has 176 valence electrons. The van der Waals surface area contributed by atoms with E-state index in [0.717, 1.165) is 58.4 Å². The molecule has 0 saturated carbocycles. The van der Waals surface area contributed by atoms with Gasteiger partial charge in [-0.2, -0.15) is 0 Å². The highest BCUT2D eigenvalue weighted by molar-refractivity contribution is 7.29. The van der Waals surface area contributed by atoms with Gasteiger partial charge in [-0.25, -0.2) is 9.97 Å². The standard InChI is InChI=1S/C23H30N6O2S2/c1-11(2)31-17-10-29(9-15(17)24)18-7-4-13-8-14(5-6-16(13)28-18)27-22(30)20-19(25)21-23(33-20)26-12(3)32-21/h4,7,11,14-15,17H,5-6,8-10,24-25H2,1-3H3,(H,27,30). The van der Waals surface area contributed by atoms with Crippen molar-refractivity contribution in [2.24, 2.45) is 5.73 Å². The fraction of sp³-hybridized carbons (Fsp3) is 0.522. The lowest BCUT2D eigenvalue weighted by molar-refractivity contribution is 0.0127. The molecule has 3 aromatic rings. The highest BCUT2D eigenvalue weighted by Gasteiger charge is 2.33. The van der Waals surface area contributed by atoms with Crippen LogP contribution in [0.15, 0.2) is 12.1 Å². The Morgan fingerprint density at radius 3 is 2.85 bits per heavy atom. The summed E-state index contributed by atoms with van der Waals surface area (Å²) in [5, 5.41) is 4.14. The predicted molar refractivity (Wildman–Crippen MR) is 134 cm³/mol. The van der Waals surface area contributed by atoms with E-state index in [2.05, 4.69) is 27.3 Å². The van der Waals surface area contributed by atoms with E-state index in [4.69, 9.17) is 21.2 Å². The molecule has 2 aliphatic rings. The Labute approximate surface area is 201 Å². The first-order valence-electron chi connectivity index (χ1n) is 11.4. The van der Waals surface area contributed by atoms with Crippen LogP contribution >= 0.6 is 22.7 Å². The molecule has 5 rings (SSSR count). The molecule has 3 unspecified atom stereocenters. The average Bonchev–Trinajstić information content (AvgIpc) is 3.41. The summed E-state index contributed by atoms with van der Waals surface area (Å²) in [5.74, 6) is 0.844. The molecule has 0 bridgehead atoms. The van der Waals surface area contributed by atoms with Gasteiger partial charge in [-0.1, -0.05) is 6.07 Å². The van der Waals surface area contributed by atoms with Crippen LogP contribution in [-0.4, -0.2) is 53.3 Å². The van der Waals surface area contributed by atoms with Crippen LogP contribution in [0.4, 0.5) is 11.5 Å². The fourth-order valence-electron chi connectivity index (χ4n) is 4.70. The van der Waals surface area contributed by atoms with Gasteiger partial charge >= 0.3 is 0 Å². The van der Waals surface area contributed by atoms with Gasteiger partial charge in [0, 0.05) is 24.8 Å². The lowest BCUT2D eigenvalue weighted by Gasteiger charge is -2.26. The van der Waals surface area contributed by atoms with E-state index in [1.54, 1.807) is 0 Å². The van der Waals surface area contributed by atoms with Crippen molar-refractivity contribution < 1.29 is 9.53 Å². The van der Waals surface area contributed by atoms with Crippen LogP contribution < -0.4 is 21.7 Å². The zero-order valence-corrected chi connectivity index (χ0v) is 20.8. The number of fused-ring (bicyclic) bond motifs is 2. The van der Waals surface area contributed by atoms with Gasteiger partial charge in [-0.15, -0.1) is 22.7 Å². The second-order valence-corrected chi connectivity index (χ2v) is 11.4. The summed E-state index contributed by atoms with van der Waals surface area (Å²) in [6.07, 6.45) is 2.64. The molecule has 1 aliphatic heterocycles. The SMILES string of the molecule is Cc1nc2sc(C(=O)NC3CCc4nc(N5CC(N)C(OC(C)C)C5)ccc4C3)c(N)c2s1. The Morgan fingerprint density at radius 2 is 2.09 bits per heavy atom. The van der Waals surface area contributed by atoms with Gasteiger partial charge in [-0.3, -0.25) is 4.79 Å². The molecule has 5 N–H and O–H groups in total. The number of ether oxygens (including phenoxy) is 1. The molecule has 3 aromatic heterocycles. The van der Waals surface area contributed by atoms with Crippen LogP contribution in [0.5, 0.6) is 0 Å². The van der Waals surface area contributed by atoms with E-state index in [0.29, 0.717) is 10.6 Å². The van der Waals surface area contributed by atoms with Crippen molar-refractivity contribution in [3.63, 3.8) is 0 Å². The second kappa shape index (κ2) is 8.83. The Morgan fingerprint density at radius 1 is 1.27 bits per heavy atom. The molecule has 8 nitrogen and oxygen atoms in total. The third-order valence-corrected chi connectivity index (χ3v) is 8.49. The van der Waals surface area contributed by atoms with E-state index < -0.39 is 0 Å². The van der Waals surface area contributed by atoms with Gasteiger partial charge in [0.2, 0.25) is 0 Å². The molecule has 1 fully saturated rings. The molecule has 0 aromatic carbocycles. The lowest BCUT2D eigenvalue weighted by atomic mass is 9.91. The van der Waals surface area contributed by atoms with Crippen LogP contribution in [0.25, 0.3) is 9.53 Å². The quantitative estimate of drug-likeness (QED) is 0.507. The number of aromatic nitrogens is 2. The van der Waals surface area contributed by atoms with Crippen LogP contribution in [0.2, 0.25) is 0 Å². The zero-order chi connectivity index (χ0) is 23.3. The summed E-state index contributed by atoms with van der Waals surface area (Å²) in [7, 11) is 0. The van der Waals surface area contributed by atoms with E-state index in [1.807, 2.05) is 20.8 Å². The van der Waals surface area contributed by atoms with Crippen LogP contribution in [0, 0.1) is 6.92 Å². The minimum Gasteiger partial charge on any atom is -0.396 e. The number of nitrogens with zero attached hydrogens (tertiary/aromatic N) is 3. The topological polar surface area (TPSA) is 119 Å². The molecular formula is C23H30N6O2S2. The third kappa shape index (κ3) is 4.44. The Kier molecular flexibility index (Phi) is 6.02. The molecule has 1 saturated heterocycles. The summed E-state index contributed by atoms with van der Waals surface area (Å²) in [5.41, 5.74) is 15.4. The largest absolute Gasteiger partial charge is 0.396 e. The van der Waals surface area contributed by atoms with Crippen LogP contribution in [-0.2, 0) is 17.6 Å². The fourth-order valence-corrected chi connectivity index (χ4v) is 6.79. The minimum atomic E-state index is -0.111. The number of carbonyl (C=O) groups excluding carboxylic acids is 1. The summed E-state index contributed by atoms with van der Waals surface area (Å²) >= 11 is 2.91. The first kappa shape index (κ1) is 22.5. The molecule has 33 heavy (non-hydrogen) atoms. The Balaban J connectivity index is 1.24. The molecule has 3 atom stereocenters. The summed E-state index contributed by atoms with van der Waals surface area (Å²) < 4.78 is 6.87. The predicted octanol–water partition coefficient (Wildman–Crippen LogP) is 2.87. The lowest BCUT2D eigenvalue weighted by Crippen LogP contribution is -2.39. The number of rotatable bonds is 5. The number of carbonyl (C=O) groups is 1. The zero-order valence-electron chi connectivity index (χ0n) is 19.1. The number of hydrogen-bond donors (Lipinski definition) is 3. The van der Waals surface area contributed by atoms with Crippen molar-refractivity contribution in [1.82, 2.24) is 15.3 Å². The van der Waals surface area contributed by atoms with Gasteiger partial charge in [-0.05, 0) is 51.7 Å². The monoisotopic (exact) mass is 486 g/mol. The maximum atomic E-state index is 12.9. The number of aryl methyl sites for hydroxylation is 2. The van der Waals surface area contributed by atoms with E-state index in [9.17, 15) is 4.79 Å². The Hall–Kier alpha value is -2.27. The maximum absolute atomic E-state index is 12.9. The second-order valence-electron chi connectivity index (χ2n) is 9.19. The number of nitrogens with two attached hydrogens (primary N) is 2. The van der Waals surface area contributed by atoms with Gasteiger partial charge in [0.1, 0.15) is 15.5 Å². The number of nitrogen functional groups attached to an aromatic ring is 1. The number of hydrogen-bond acceptors (Lipinski definition) is 9. The molecule has 0 spiro atoms. The first-order chi connectivity index (χ1) is 15.8. The number of thiophene rings is 1. The molecular weight excluding hydrogens is 456 g/mol. The minimum absolute atomic E-state index is 0.0103. The van der Waals surface area contributed by atoms with Crippen molar-refractivity contribution in [3.05, 3.63) is 33.3 Å². The van der Waals surface area contributed by atoms with E-state index in [1.165, 1.54) is 28.2 Å². The highest BCUT2D eigenvalue weighted by atomic mass is 32.1. The van der Waals surface area contributed by atoms with E-state index in [-0.39, 0.29) is 30.2 Å². The highest BCUT2D eigenvalue weighted by Crippen LogP contribution is 2.37. The van der Waals surface area contributed by atoms with E-state index >= 15 is 0 Å². The van der Waals surface area contributed by atoms with Crippen molar-refractivity contribution in [1.29, 1.82) is 0 Å². The summed E-state index contributed by atoms with van der Waals surface area (Å²) in [6, 6.07) is 4.26. The van der Waals surface area contributed by atoms with Gasteiger partial charge in [0.15, 0.2) is 0 Å². The van der Waals surface area contributed by atoms with Gasteiger partial charge < -0.3 is 26.4 Å². The molecule has 1 amide bonds. The van der Waals surface area contributed by atoms with Crippen molar-refractivity contribution in [2.75, 3.05) is 23.7 Å². The van der Waals surface area contributed by atoms with Gasteiger partial charge in [0.05, 0.1) is 33.6 Å². The summed E-state index contributed by atoms with van der Waals surface area (Å²) in [4.78, 5) is 25.9. The average molecular weight is 487 g/mol. The maximum Gasteiger partial charge on any atom is 0.263 e. The summed E-state index contributed by atoms with van der Waals surface area (Å²) in [6.45, 7) is 7.53. The molecule has 0 radical (unpaired) electrons. The smallest absolute Gasteiger partial charge is 0.263 e. The molecule has 1 aliphatic carbocycles. The number of nitrogens with one attached hydrogen (secondary N) is 1. The molecule has 10 heteroatoms. The van der Waals surface area contributed by atoms with Crippen LogP contribution in [0.3, 0.4) is 0 Å². The van der Waals surface area contributed by atoms with Crippen molar-refractivity contribution in [2.45, 2.75) is 64.3 Å². The van der Waals surface area contributed by atoms with Crippen LogP contribution in [0.1, 0.15) is 46.2 Å². The van der Waals surface area contributed by atoms with Crippen molar-refractivity contribution in [3.8, 4) is 0 Å². The number of thiazole rings is 1. The Bertz CT molecular complexity index is 1190.